The number of hydrogen-bond donors (Lipinski definition) is 1. The van der Waals surface area contributed by atoms with Crippen molar-refractivity contribution in [1.82, 2.24) is 0 Å². The van der Waals surface area contributed by atoms with E-state index in [0.717, 1.165) is 5.57 Å². The molecule has 0 amide bonds. The summed E-state index contributed by atoms with van der Waals surface area (Å²) < 4.78 is 18.5. The monoisotopic (exact) mass is 243 g/mol. The first kappa shape index (κ1) is 13.0. The predicted molar refractivity (Wildman–Crippen MR) is 64.1 cm³/mol. The Morgan fingerprint density at radius 1 is 1.62 bits per heavy atom. The zero-order valence-corrected chi connectivity index (χ0v) is 10.1. The minimum Gasteiger partial charge on any atom is -0.489 e. The van der Waals surface area contributed by atoms with Gasteiger partial charge in [-0.25, -0.2) is 4.39 Å². The third kappa shape index (κ3) is 3.51. The van der Waals surface area contributed by atoms with Crippen molar-refractivity contribution in [3.8, 4) is 5.75 Å². The first-order valence-corrected chi connectivity index (χ1v) is 5.42. The van der Waals surface area contributed by atoms with E-state index < -0.39 is 0 Å². The maximum atomic E-state index is 13.0. The maximum Gasteiger partial charge on any atom is 0.124 e. The Labute approximate surface area is 99.9 Å². The lowest BCUT2D eigenvalue weighted by Gasteiger charge is -2.14. The second kappa shape index (κ2) is 5.87. The molecule has 1 rings (SSSR count). The molecule has 0 spiro atoms. The standard InChI is InChI=1S/C12H15ClFNO/c1-8(6-13)7-16-12-4-3-10(14)5-11(12)9(2)15/h3-6,9H,7,15H2,1-2H3/b8-6+/t9-/m1/s1. The molecule has 0 saturated heterocycles. The van der Waals surface area contributed by atoms with E-state index in [-0.39, 0.29) is 11.9 Å². The highest BCUT2D eigenvalue weighted by Gasteiger charge is 2.09. The van der Waals surface area contributed by atoms with Crippen LogP contribution >= 0.6 is 11.6 Å². The van der Waals surface area contributed by atoms with Crippen LogP contribution in [-0.2, 0) is 0 Å². The molecule has 0 bridgehead atoms. The first-order chi connectivity index (χ1) is 7.54. The Balaban J connectivity index is 2.87. The molecule has 4 heteroatoms. The van der Waals surface area contributed by atoms with Gasteiger partial charge in [0.15, 0.2) is 0 Å². The smallest absolute Gasteiger partial charge is 0.124 e. The van der Waals surface area contributed by atoms with E-state index in [1.165, 1.54) is 17.7 Å². The molecule has 2 nitrogen and oxygen atoms in total. The summed E-state index contributed by atoms with van der Waals surface area (Å²) in [4.78, 5) is 0. The van der Waals surface area contributed by atoms with Gasteiger partial charge in [0.05, 0.1) is 0 Å². The van der Waals surface area contributed by atoms with Crippen LogP contribution in [0, 0.1) is 5.82 Å². The largest absolute Gasteiger partial charge is 0.489 e. The molecule has 1 atom stereocenters. The van der Waals surface area contributed by atoms with Gasteiger partial charge in [0.25, 0.3) is 0 Å². The lowest BCUT2D eigenvalue weighted by atomic mass is 10.1. The summed E-state index contributed by atoms with van der Waals surface area (Å²) in [5, 5.41) is 0. The van der Waals surface area contributed by atoms with E-state index in [1.54, 1.807) is 13.0 Å². The van der Waals surface area contributed by atoms with Gasteiger partial charge in [-0.05, 0) is 37.6 Å². The fourth-order valence-corrected chi connectivity index (χ4v) is 1.29. The molecule has 0 radical (unpaired) electrons. The van der Waals surface area contributed by atoms with Crippen molar-refractivity contribution in [3.05, 3.63) is 40.7 Å². The third-order valence-electron chi connectivity index (χ3n) is 2.10. The summed E-state index contributed by atoms with van der Waals surface area (Å²) in [6.07, 6.45) is 0. The number of halogens is 2. The van der Waals surface area contributed by atoms with Crippen LogP contribution in [0.2, 0.25) is 0 Å². The van der Waals surface area contributed by atoms with Crippen LogP contribution in [0.15, 0.2) is 29.3 Å². The molecule has 2 N–H and O–H groups in total. The van der Waals surface area contributed by atoms with Crippen LogP contribution in [0.3, 0.4) is 0 Å². The van der Waals surface area contributed by atoms with E-state index in [2.05, 4.69) is 0 Å². The van der Waals surface area contributed by atoms with Crippen molar-refractivity contribution in [2.45, 2.75) is 19.9 Å². The number of benzene rings is 1. The summed E-state index contributed by atoms with van der Waals surface area (Å²) in [6.45, 7) is 4.00. The zero-order valence-electron chi connectivity index (χ0n) is 9.34. The molecule has 0 aliphatic rings. The fourth-order valence-electron chi connectivity index (χ4n) is 1.23. The molecule has 16 heavy (non-hydrogen) atoms. The van der Waals surface area contributed by atoms with Gasteiger partial charge < -0.3 is 10.5 Å². The van der Waals surface area contributed by atoms with Gasteiger partial charge in [-0.1, -0.05) is 11.6 Å². The SMILES string of the molecule is C/C(=C\Cl)COc1ccc(F)cc1[C@@H](C)N. The highest BCUT2D eigenvalue weighted by molar-refractivity contribution is 6.25. The Kier molecular flexibility index (Phi) is 4.77. The molecule has 0 unspecified atom stereocenters. The van der Waals surface area contributed by atoms with Gasteiger partial charge in [-0.2, -0.15) is 0 Å². The van der Waals surface area contributed by atoms with Crippen molar-refractivity contribution in [2.24, 2.45) is 5.73 Å². The Bertz CT molecular complexity index is 391. The summed E-state index contributed by atoms with van der Waals surface area (Å²) in [6, 6.07) is 4.04. The van der Waals surface area contributed by atoms with Crippen LogP contribution in [0.25, 0.3) is 0 Å². The Morgan fingerprint density at radius 2 is 2.31 bits per heavy atom. The molecule has 0 fully saturated rings. The molecule has 0 aliphatic carbocycles. The minimum absolute atomic E-state index is 0.272. The molecule has 88 valence electrons. The molecular weight excluding hydrogens is 229 g/mol. The van der Waals surface area contributed by atoms with Crippen molar-refractivity contribution in [1.29, 1.82) is 0 Å². The van der Waals surface area contributed by atoms with Crippen molar-refractivity contribution in [2.75, 3.05) is 6.61 Å². The molecule has 0 saturated carbocycles. The van der Waals surface area contributed by atoms with E-state index in [9.17, 15) is 4.39 Å². The lowest BCUT2D eigenvalue weighted by molar-refractivity contribution is 0.346. The molecule has 1 aromatic rings. The minimum atomic E-state index is -0.316. The molecule has 0 heterocycles. The van der Waals surface area contributed by atoms with Crippen LogP contribution < -0.4 is 10.5 Å². The van der Waals surface area contributed by atoms with Gasteiger partial charge in [0.1, 0.15) is 18.2 Å². The quantitative estimate of drug-likeness (QED) is 0.880. The normalized spacial score (nSPS) is 13.7. The Morgan fingerprint density at radius 3 is 2.88 bits per heavy atom. The second-order valence-corrected chi connectivity index (χ2v) is 3.93. The van der Waals surface area contributed by atoms with Crippen LogP contribution in [0.5, 0.6) is 5.75 Å². The molecule has 0 aliphatic heterocycles. The van der Waals surface area contributed by atoms with Crippen molar-refractivity contribution < 1.29 is 9.13 Å². The van der Waals surface area contributed by atoms with Gasteiger partial charge in [0, 0.05) is 17.1 Å². The van der Waals surface area contributed by atoms with Crippen LogP contribution in [0.4, 0.5) is 4.39 Å². The first-order valence-electron chi connectivity index (χ1n) is 4.98. The molecular formula is C12H15ClFNO. The van der Waals surface area contributed by atoms with Crippen LogP contribution in [-0.4, -0.2) is 6.61 Å². The number of hydrogen-bond acceptors (Lipinski definition) is 2. The highest BCUT2D eigenvalue weighted by Crippen LogP contribution is 2.25. The summed E-state index contributed by atoms with van der Waals surface area (Å²) in [5.41, 5.74) is 8.73. The Hall–Kier alpha value is -1.06. The molecule has 0 aromatic heterocycles. The predicted octanol–water partition coefficient (Wildman–Crippen LogP) is 3.37. The van der Waals surface area contributed by atoms with Gasteiger partial charge in [-0.3, -0.25) is 0 Å². The second-order valence-electron chi connectivity index (χ2n) is 3.71. The average Bonchev–Trinajstić information content (AvgIpc) is 2.26. The third-order valence-corrected chi connectivity index (χ3v) is 2.48. The van der Waals surface area contributed by atoms with E-state index in [4.69, 9.17) is 22.1 Å². The summed E-state index contributed by atoms with van der Waals surface area (Å²) in [5.74, 6) is 0.276. The number of ether oxygens (including phenoxy) is 1. The molecule has 1 aromatic carbocycles. The highest BCUT2D eigenvalue weighted by atomic mass is 35.5. The van der Waals surface area contributed by atoms with Crippen LogP contribution in [0.1, 0.15) is 25.5 Å². The maximum absolute atomic E-state index is 13.0. The topological polar surface area (TPSA) is 35.2 Å². The van der Waals surface area contributed by atoms with Crippen molar-refractivity contribution in [3.63, 3.8) is 0 Å². The summed E-state index contributed by atoms with van der Waals surface area (Å²) >= 11 is 5.52. The van der Waals surface area contributed by atoms with Gasteiger partial charge >= 0.3 is 0 Å². The van der Waals surface area contributed by atoms with Crippen molar-refractivity contribution >= 4 is 11.6 Å². The van der Waals surface area contributed by atoms with E-state index >= 15 is 0 Å². The fraction of sp³-hybridized carbons (Fsp3) is 0.333. The number of nitrogens with two attached hydrogens (primary N) is 1. The van der Waals surface area contributed by atoms with E-state index in [0.29, 0.717) is 17.9 Å². The average molecular weight is 244 g/mol. The van der Waals surface area contributed by atoms with Gasteiger partial charge in [-0.15, -0.1) is 0 Å². The van der Waals surface area contributed by atoms with Gasteiger partial charge in [0.2, 0.25) is 0 Å². The lowest BCUT2D eigenvalue weighted by Crippen LogP contribution is -2.09. The zero-order chi connectivity index (χ0) is 12.1. The van der Waals surface area contributed by atoms with E-state index in [1.807, 2.05) is 6.92 Å². The summed E-state index contributed by atoms with van der Waals surface area (Å²) in [7, 11) is 0. The number of rotatable bonds is 4.